The van der Waals surface area contributed by atoms with E-state index in [9.17, 15) is 8.42 Å². The number of nitrogens with zero attached hydrogens (tertiary/aromatic N) is 2. The van der Waals surface area contributed by atoms with E-state index in [1.54, 1.807) is 17.6 Å². The minimum Gasteiger partial charge on any atom is -0.371 e. The lowest BCUT2D eigenvalue weighted by Crippen LogP contribution is -2.28. The smallest absolute Gasteiger partial charge is 0.260 e. The Morgan fingerprint density at radius 2 is 2.19 bits per heavy atom. The fraction of sp³-hybridized carbons (Fsp3) is 0.250. The molecule has 0 amide bonds. The monoisotopic (exact) mass is 342 g/mol. The molecular weight excluding hydrogens is 328 g/mol. The average Bonchev–Trinajstić information content (AvgIpc) is 3.13. The highest BCUT2D eigenvalue weighted by Crippen LogP contribution is 2.27. The van der Waals surface area contributed by atoms with Gasteiger partial charge in [0, 0.05) is 24.7 Å². The third kappa shape index (κ3) is 2.57. The van der Waals surface area contributed by atoms with Crippen molar-refractivity contribution in [2.75, 3.05) is 12.4 Å². The molecule has 0 aromatic carbocycles. The highest BCUT2D eigenvalue weighted by Gasteiger charge is 2.27. The normalized spacial score (nSPS) is 13.6. The first-order valence-corrected chi connectivity index (χ1v) is 9.51. The first kappa shape index (κ1) is 14.5. The number of nitrogens with one attached hydrogen (secondary N) is 2. The highest BCUT2D eigenvalue weighted by molar-refractivity contribution is 7.89. The molecule has 0 fully saturated rings. The van der Waals surface area contributed by atoms with Gasteiger partial charge in [0.1, 0.15) is 0 Å². The van der Waals surface area contributed by atoms with Crippen molar-refractivity contribution < 1.29 is 8.42 Å². The zero-order chi connectivity index (χ0) is 15.0. The van der Waals surface area contributed by atoms with Gasteiger partial charge in [-0.25, -0.2) is 18.1 Å². The van der Waals surface area contributed by atoms with E-state index in [1.807, 2.05) is 29.1 Å². The van der Waals surface area contributed by atoms with Gasteiger partial charge in [-0.2, -0.15) is 11.3 Å². The summed E-state index contributed by atoms with van der Waals surface area (Å²) in [6, 6.07) is 1.61. The quantitative estimate of drug-likeness (QED) is 0.747. The highest BCUT2D eigenvalue weighted by atomic mass is 32.2. The number of hydrogen-bond donors (Lipinski definition) is 2. The molecule has 0 saturated carbocycles. The minimum atomic E-state index is -3.68. The van der Waals surface area contributed by atoms with Gasteiger partial charge in [-0.3, -0.25) is 4.40 Å². The van der Waals surface area contributed by atoms with Gasteiger partial charge in [0.15, 0.2) is 15.8 Å². The third-order valence-electron chi connectivity index (χ3n) is 3.08. The molecule has 3 aromatic heterocycles. The summed E-state index contributed by atoms with van der Waals surface area (Å²) in [7, 11) is -2.02. The summed E-state index contributed by atoms with van der Waals surface area (Å²) >= 11 is 2.93. The molecular formula is C12H14N4O2S3. The predicted octanol–water partition coefficient (Wildman–Crippen LogP) is 2.54. The largest absolute Gasteiger partial charge is 0.371 e. The molecule has 0 spiro atoms. The van der Waals surface area contributed by atoms with Crippen LogP contribution in [0.2, 0.25) is 0 Å². The van der Waals surface area contributed by atoms with E-state index in [0.717, 1.165) is 5.56 Å². The van der Waals surface area contributed by atoms with Crippen LogP contribution in [0, 0.1) is 0 Å². The van der Waals surface area contributed by atoms with Crippen molar-refractivity contribution in [1.82, 2.24) is 14.1 Å². The molecule has 3 heterocycles. The maximum Gasteiger partial charge on any atom is 0.260 e. The van der Waals surface area contributed by atoms with Crippen molar-refractivity contribution in [2.24, 2.45) is 0 Å². The second-order valence-electron chi connectivity index (χ2n) is 4.47. The lowest BCUT2D eigenvalue weighted by Gasteiger charge is -2.13. The van der Waals surface area contributed by atoms with E-state index in [2.05, 4.69) is 15.0 Å². The van der Waals surface area contributed by atoms with Gasteiger partial charge in [0.05, 0.1) is 0 Å². The van der Waals surface area contributed by atoms with Crippen molar-refractivity contribution in [3.8, 4) is 0 Å². The first-order chi connectivity index (χ1) is 10.0. The van der Waals surface area contributed by atoms with Crippen LogP contribution in [-0.4, -0.2) is 24.9 Å². The van der Waals surface area contributed by atoms with Crippen LogP contribution in [0.5, 0.6) is 0 Å². The molecule has 3 rings (SSSR count). The number of thiophene rings is 1. The second-order valence-corrected chi connectivity index (χ2v) is 7.75. The number of fused-ring (bicyclic) bond motifs is 1. The van der Waals surface area contributed by atoms with E-state index >= 15 is 0 Å². The summed E-state index contributed by atoms with van der Waals surface area (Å²) in [5.74, 6) is 0.354. The van der Waals surface area contributed by atoms with Crippen molar-refractivity contribution in [3.05, 3.63) is 34.0 Å². The van der Waals surface area contributed by atoms with Gasteiger partial charge in [-0.05, 0) is 29.3 Å². The van der Waals surface area contributed by atoms with Gasteiger partial charge in [0.25, 0.3) is 10.0 Å². The molecule has 1 unspecified atom stereocenters. The standard InChI is InChI=1S/C12H14N4O2S3/c1-8(9-3-5-19-7-9)15-21(17,18)11-10(13-2)14-12-16(11)4-6-20-12/h3-8,13,15H,1-2H3. The van der Waals surface area contributed by atoms with Crippen LogP contribution in [0.15, 0.2) is 33.4 Å². The Morgan fingerprint density at radius 3 is 2.86 bits per heavy atom. The molecule has 3 aromatic rings. The fourth-order valence-electron chi connectivity index (χ4n) is 2.06. The zero-order valence-corrected chi connectivity index (χ0v) is 13.8. The van der Waals surface area contributed by atoms with E-state index in [-0.39, 0.29) is 11.1 Å². The van der Waals surface area contributed by atoms with Crippen LogP contribution in [-0.2, 0) is 10.0 Å². The molecule has 112 valence electrons. The number of rotatable bonds is 5. The molecule has 0 saturated heterocycles. The van der Waals surface area contributed by atoms with Crippen molar-refractivity contribution in [2.45, 2.75) is 18.0 Å². The summed E-state index contributed by atoms with van der Waals surface area (Å²) < 4.78 is 29.7. The number of hydrogen-bond acceptors (Lipinski definition) is 6. The van der Waals surface area contributed by atoms with Crippen molar-refractivity contribution in [1.29, 1.82) is 0 Å². The molecule has 6 nitrogen and oxygen atoms in total. The molecule has 21 heavy (non-hydrogen) atoms. The van der Waals surface area contributed by atoms with Gasteiger partial charge < -0.3 is 5.32 Å². The van der Waals surface area contributed by atoms with Gasteiger partial charge >= 0.3 is 0 Å². The third-order valence-corrected chi connectivity index (χ3v) is 6.11. The molecule has 0 aliphatic rings. The molecule has 9 heteroatoms. The molecule has 0 bridgehead atoms. The number of thiazole rings is 1. The van der Waals surface area contributed by atoms with E-state index in [1.165, 1.54) is 22.7 Å². The van der Waals surface area contributed by atoms with Crippen LogP contribution in [0.3, 0.4) is 0 Å². The van der Waals surface area contributed by atoms with Gasteiger partial charge in [-0.15, -0.1) is 11.3 Å². The molecule has 0 radical (unpaired) electrons. The maximum absolute atomic E-state index is 12.7. The van der Waals surface area contributed by atoms with E-state index in [0.29, 0.717) is 10.8 Å². The average molecular weight is 342 g/mol. The Morgan fingerprint density at radius 1 is 1.38 bits per heavy atom. The number of anilines is 1. The second kappa shape index (κ2) is 5.41. The Bertz CT molecular complexity index is 848. The lowest BCUT2D eigenvalue weighted by molar-refractivity contribution is 0.563. The van der Waals surface area contributed by atoms with E-state index < -0.39 is 10.0 Å². The molecule has 1 atom stereocenters. The van der Waals surface area contributed by atoms with Crippen molar-refractivity contribution in [3.63, 3.8) is 0 Å². The predicted molar refractivity (Wildman–Crippen MR) is 85.7 cm³/mol. The molecule has 0 aliphatic carbocycles. The van der Waals surface area contributed by atoms with Gasteiger partial charge in [-0.1, -0.05) is 0 Å². The fourth-order valence-corrected chi connectivity index (χ4v) is 5.11. The molecule has 2 N–H and O–H groups in total. The van der Waals surface area contributed by atoms with E-state index in [4.69, 9.17) is 0 Å². The van der Waals surface area contributed by atoms with Gasteiger partial charge in [0.2, 0.25) is 0 Å². The lowest BCUT2D eigenvalue weighted by atomic mass is 10.2. The minimum absolute atomic E-state index is 0.142. The summed E-state index contributed by atoms with van der Waals surface area (Å²) in [6.07, 6.45) is 1.71. The maximum atomic E-state index is 12.7. The van der Waals surface area contributed by atoms with Crippen LogP contribution in [0.25, 0.3) is 4.96 Å². The first-order valence-electron chi connectivity index (χ1n) is 6.20. The summed E-state index contributed by atoms with van der Waals surface area (Å²) in [5.41, 5.74) is 0.945. The Balaban J connectivity index is 2.02. The number of sulfonamides is 1. The van der Waals surface area contributed by atoms with Crippen LogP contribution in [0.1, 0.15) is 18.5 Å². The summed E-state index contributed by atoms with van der Waals surface area (Å²) in [6.45, 7) is 1.82. The topological polar surface area (TPSA) is 75.5 Å². The Labute approximate surface area is 130 Å². The van der Waals surface area contributed by atoms with Crippen LogP contribution in [0.4, 0.5) is 5.82 Å². The SMILES string of the molecule is CNc1nc2sccn2c1S(=O)(=O)NC(C)c1ccsc1. The number of aromatic nitrogens is 2. The van der Waals surface area contributed by atoms with Crippen LogP contribution < -0.4 is 10.0 Å². The molecule has 0 aliphatic heterocycles. The summed E-state index contributed by atoms with van der Waals surface area (Å²) in [5, 5.41) is 8.65. The van der Waals surface area contributed by atoms with Crippen LogP contribution >= 0.6 is 22.7 Å². The zero-order valence-electron chi connectivity index (χ0n) is 11.4. The van der Waals surface area contributed by atoms with Crippen molar-refractivity contribution >= 4 is 43.5 Å². The Kier molecular flexibility index (Phi) is 3.74. The number of imidazole rings is 1. The summed E-state index contributed by atoms with van der Waals surface area (Å²) in [4.78, 5) is 4.92. The Hall–Kier alpha value is -1.42.